The van der Waals surface area contributed by atoms with Gasteiger partial charge in [0.25, 0.3) is 0 Å². The molecular weight excluding hydrogens is 264 g/mol. The van der Waals surface area contributed by atoms with E-state index in [0.717, 1.165) is 43.8 Å². The van der Waals surface area contributed by atoms with Gasteiger partial charge in [0, 0.05) is 24.6 Å². The Balaban J connectivity index is 1.87. The van der Waals surface area contributed by atoms with Gasteiger partial charge in [-0.05, 0) is 19.3 Å². The van der Waals surface area contributed by atoms with Gasteiger partial charge in [-0.25, -0.2) is 4.98 Å². The van der Waals surface area contributed by atoms with Gasteiger partial charge in [-0.3, -0.25) is 0 Å². The van der Waals surface area contributed by atoms with E-state index in [1.54, 1.807) is 0 Å². The van der Waals surface area contributed by atoms with E-state index in [4.69, 9.17) is 14.7 Å². The van der Waals surface area contributed by atoms with Gasteiger partial charge in [0.2, 0.25) is 5.95 Å². The summed E-state index contributed by atoms with van der Waals surface area (Å²) in [7, 11) is 0. The van der Waals surface area contributed by atoms with Crippen LogP contribution in [-0.2, 0) is 10.2 Å². The summed E-state index contributed by atoms with van der Waals surface area (Å²) in [6, 6.07) is 2.48. The third kappa shape index (κ3) is 3.46. The van der Waals surface area contributed by atoms with E-state index in [2.05, 4.69) is 37.1 Å². The molecule has 0 aliphatic carbocycles. The summed E-state index contributed by atoms with van der Waals surface area (Å²) >= 11 is 0. The highest BCUT2D eigenvalue weighted by atomic mass is 16.5. The molecular formula is C16H26N4O. The van der Waals surface area contributed by atoms with Crippen LogP contribution in [0.5, 0.6) is 0 Å². The molecule has 0 atom stereocenters. The third-order valence-corrected chi connectivity index (χ3v) is 4.11. The molecule has 2 saturated heterocycles. The molecule has 21 heavy (non-hydrogen) atoms. The third-order valence-electron chi connectivity index (χ3n) is 4.11. The molecule has 0 saturated carbocycles. The second-order valence-corrected chi connectivity index (χ2v) is 7.11. The van der Waals surface area contributed by atoms with Crippen LogP contribution in [0.2, 0.25) is 0 Å². The topological polar surface area (TPSA) is 50.3 Å². The average Bonchev–Trinajstić information content (AvgIpc) is 2.43. The molecule has 0 amide bonds. The highest BCUT2D eigenvalue weighted by molar-refractivity contribution is 5.46. The lowest BCUT2D eigenvalue weighted by molar-refractivity contribution is 0.0209. The summed E-state index contributed by atoms with van der Waals surface area (Å²) in [4.78, 5) is 11.9. The predicted molar refractivity (Wildman–Crippen MR) is 85.0 cm³/mol. The summed E-state index contributed by atoms with van der Waals surface area (Å²) in [5.41, 5.74) is 1.13. The zero-order valence-corrected chi connectivity index (χ0v) is 13.4. The molecule has 1 N–H and O–H groups in total. The first-order valence-electron chi connectivity index (χ1n) is 8.01. The molecule has 3 rings (SSSR count). The molecule has 0 aromatic carbocycles. The molecule has 5 heteroatoms. The number of piperidine rings is 1. The summed E-state index contributed by atoms with van der Waals surface area (Å²) in [5.74, 6) is 1.81. The molecule has 1 aromatic heterocycles. The van der Waals surface area contributed by atoms with E-state index < -0.39 is 0 Å². The molecule has 2 fully saturated rings. The van der Waals surface area contributed by atoms with E-state index in [1.807, 2.05) is 0 Å². The Morgan fingerprint density at radius 3 is 2.43 bits per heavy atom. The van der Waals surface area contributed by atoms with Crippen molar-refractivity contribution < 1.29 is 4.74 Å². The fourth-order valence-electron chi connectivity index (χ4n) is 2.66. The van der Waals surface area contributed by atoms with Gasteiger partial charge in [0.05, 0.1) is 24.9 Å². The van der Waals surface area contributed by atoms with Crippen molar-refractivity contribution in [3.8, 4) is 0 Å². The molecule has 0 radical (unpaired) electrons. The lowest BCUT2D eigenvalue weighted by Crippen LogP contribution is -2.41. The van der Waals surface area contributed by atoms with Crippen LogP contribution in [0, 0.1) is 0 Å². The van der Waals surface area contributed by atoms with Gasteiger partial charge >= 0.3 is 0 Å². The fourth-order valence-corrected chi connectivity index (χ4v) is 2.66. The quantitative estimate of drug-likeness (QED) is 0.927. The molecule has 116 valence electrons. The Hall–Kier alpha value is -1.36. The zero-order chi connectivity index (χ0) is 14.9. The smallest absolute Gasteiger partial charge is 0.227 e. The van der Waals surface area contributed by atoms with E-state index >= 15 is 0 Å². The minimum absolute atomic E-state index is 0.0278. The summed E-state index contributed by atoms with van der Waals surface area (Å²) in [6.45, 7) is 10.3. The van der Waals surface area contributed by atoms with Crippen molar-refractivity contribution >= 4 is 11.8 Å². The Bertz CT molecular complexity index is 488. The normalized spacial score (nSPS) is 20.2. The predicted octanol–water partition coefficient (Wildman–Crippen LogP) is 2.58. The van der Waals surface area contributed by atoms with E-state index in [9.17, 15) is 0 Å². The molecule has 0 unspecified atom stereocenters. The highest BCUT2D eigenvalue weighted by Crippen LogP contribution is 2.26. The van der Waals surface area contributed by atoms with Crippen molar-refractivity contribution in [1.82, 2.24) is 9.97 Å². The maximum absolute atomic E-state index is 5.23. The van der Waals surface area contributed by atoms with Gasteiger partial charge in [0.15, 0.2) is 0 Å². The van der Waals surface area contributed by atoms with Crippen molar-refractivity contribution in [3.05, 3.63) is 11.8 Å². The minimum Gasteiger partial charge on any atom is -0.377 e. The van der Waals surface area contributed by atoms with Crippen LogP contribution < -0.4 is 10.2 Å². The summed E-state index contributed by atoms with van der Waals surface area (Å²) in [5, 5.41) is 3.47. The van der Waals surface area contributed by atoms with E-state index in [-0.39, 0.29) is 5.41 Å². The lowest BCUT2D eigenvalue weighted by Gasteiger charge is -2.31. The van der Waals surface area contributed by atoms with E-state index in [1.165, 1.54) is 19.3 Å². The maximum atomic E-state index is 5.23. The van der Waals surface area contributed by atoms with Crippen LogP contribution >= 0.6 is 0 Å². The molecule has 0 bridgehead atoms. The van der Waals surface area contributed by atoms with Crippen LogP contribution in [0.15, 0.2) is 6.07 Å². The van der Waals surface area contributed by atoms with Gasteiger partial charge in [-0.1, -0.05) is 20.8 Å². The monoisotopic (exact) mass is 290 g/mol. The number of nitrogens with one attached hydrogen (secondary N) is 1. The Kier molecular flexibility index (Phi) is 4.02. The summed E-state index contributed by atoms with van der Waals surface area (Å²) in [6.07, 6.45) is 3.80. The molecule has 5 nitrogen and oxygen atoms in total. The first-order valence-corrected chi connectivity index (χ1v) is 8.01. The van der Waals surface area contributed by atoms with Crippen LogP contribution in [0.3, 0.4) is 0 Å². The first-order chi connectivity index (χ1) is 10.0. The molecule has 1 aromatic rings. The first kappa shape index (κ1) is 14.6. The minimum atomic E-state index is 0.0278. The van der Waals surface area contributed by atoms with Gasteiger partial charge in [0.1, 0.15) is 5.82 Å². The van der Waals surface area contributed by atoms with Crippen molar-refractivity contribution in [3.63, 3.8) is 0 Å². The molecule has 2 aliphatic heterocycles. The Morgan fingerprint density at radius 1 is 1.14 bits per heavy atom. The number of aromatic nitrogens is 2. The summed E-state index contributed by atoms with van der Waals surface area (Å²) < 4.78 is 5.23. The van der Waals surface area contributed by atoms with Gasteiger partial charge in [-0.15, -0.1) is 0 Å². The van der Waals surface area contributed by atoms with Gasteiger partial charge < -0.3 is 15.0 Å². The van der Waals surface area contributed by atoms with Gasteiger partial charge in [-0.2, -0.15) is 4.98 Å². The van der Waals surface area contributed by atoms with Crippen LogP contribution in [0.25, 0.3) is 0 Å². The van der Waals surface area contributed by atoms with Crippen molar-refractivity contribution in [2.75, 3.05) is 36.5 Å². The largest absolute Gasteiger partial charge is 0.377 e. The highest BCUT2D eigenvalue weighted by Gasteiger charge is 2.23. The molecule has 2 aliphatic rings. The van der Waals surface area contributed by atoms with Crippen molar-refractivity contribution in [1.29, 1.82) is 0 Å². The Morgan fingerprint density at radius 2 is 1.86 bits per heavy atom. The lowest BCUT2D eigenvalue weighted by atomic mass is 9.92. The fraction of sp³-hybridized carbons (Fsp3) is 0.750. The van der Waals surface area contributed by atoms with E-state index in [0.29, 0.717) is 6.04 Å². The van der Waals surface area contributed by atoms with Crippen molar-refractivity contribution in [2.45, 2.75) is 51.5 Å². The number of hydrogen-bond acceptors (Lipinski definition) is 5. The average molecular weight is 290 g/mol. The van der Waals surface area contributed by atoms with Crippen LogP contribution in [0.4, 0.5) is 11.8 Å². The zero-order valence-electron chi connectivity index (χ0n) is 13.4. The number of hydrogen-bond donors (Lipinski definition) is 1. The number of anilines is 2. The Labute approximate surface area is 127 Å². The molecule has 3 heterocycles. The maximum Gasteiger partial charge on any atom is 0.227 e. The second-order valence-electron chi connectivity index (χ2n) is 7.11. The van der Waals surface area contributed by atoms with Crippen molar-refractivity contribution in [2.24, 2.45) is 0 Å². The van der Waals surface area contributed by atoms with Crippen LogP contribution in [-0.4, -0.2) is 42.3 Å². The number of ether oxygens (including phenoxy) is 1. The molecule has 0 spiro atoms. The standard InChI is InChI=1S/C16H26N4O/c1-16(2,3)13-9-14(17-12-10-21-11-12)19-15(18-13)20-7-5-4-6-8-20/h9,12H,4-8,10-11H2,1-3H3,(H,17,18,19). The number of rotatable bonds is 3. The SMILES string of the molecule is CC(C)(C)c1cc(NC2COC2)nc(N2CCCCC2)n1. The van der Waals surface area contributed by atoms with Crippen LogP contribution in [0.1, 0.15) is 45.7 Å². The second kappa shape index (κ2) is 5.79. The number of nitrogens with zero attached hydrogens (tertiary/aromatic N) is 3.